The number of fused-ring (bicyclic) bond motifs is 1. The summed E-state index contributed by atoms with van der Waals surface area (Å²) in [5, 5.41) is 4.24. The third-order valence-electron chi connectivity index (χ3n) is 6.52. The zero-order chi connectivity index (χ0) is 23.1. The summed E-state index contributed by atoms with van der Waals surface area (Å²) < 4.78 is 5.73. The average Bonchev–Trinajstić information content (AvgIpc) is 3.31. The lowest BCUT2D eigenvalue weighted by molar-refractivity contribution is -0.120. The maximum atomic E-state index is 13.0. The number of carbonyl (C=O) groups is 1. The van der Waals surface area contributed by atoms with Crippen molar-refractivity contribution in [2.75, 3.05) is 23.3 Å². The Balaban J connectivity index is 1.26. The Morgan fingerprint density at radius 1 is 1.15 bits per heavy atom. The zero-order valence-corrected chi connectivity index (χ0v) is 20.1. The van der Waals surface area contributed by atoms with Crippen LogP contribution in [0.5, 0.6) is 0 Å². The van der Waals surface area contributed by atoms with Gasteiger partial charge in [-0.05, 0) is 64.3 Å². The zero-order valence-electron chi connectivity index (χ0n) is 19.3. The molecule has 4 heterocycles. The fraction of sp³-hybridized carbons (Fsp3) is 0.360. The van der Waals surface area contributed by atoms with Crippen LogP contribution in [0.2, 0.25) is 0 Å². The molecule has 0 atom stereocenters. The Kier molecular flexibility index (Phi) is 5.62. The minimum atomic E-state index is -0.0289. The van der Waals surface area contributed by atoms with Gasteiger partial charge in [0.15, 0.2) is 0 Å². The van der Waals surface area contributed by atoms with Crippen LogP contribution in [0.3, 0.4) is 0 Å². The van der Waals surface area contributed by atoms with E-state index in [9.17, 15) is 4.79 Å². The van der Waals surface area contributed by atoms with Crippen LogP contribution in [0.1, 0.15) is 34.7 Å². The van der Waals surface area contributed by atoms with Crippen molar-refractivity contribution in [1.29, 1.82) is 0 Å². The predicted octanol–water partition coefficient (Wildman–Crippen LogP) is 5.44. The van der Waals surface area contributed by atoms with Crippen LogP contribution in [0.15, 0.2) is 35.0 Å². The Morgan fingerprint density at radius 2 is 1.94 bits per heavy atom. The number of nitrogens with zero attached hydrogens (tertiary/aromatic N) is 4. The molecule has 5 rings (SSSR count). The van der Waals surface area contributed by atoms with E-state index in [-0.39, 0.29) is 11.8 Å². The number of nitrogens with one attached hydrogen (secondary N) is 1. The second-order valence-corrected chi connectivity index (χ2v) is 9.86. The molecule has 0 saturated carbocycles. The van der Waals surface area contributed by atoms with Crippen molar-refractivity contribution in [2.24, 2.45) is 5.92 Å². The van der Waals surface area contributed by atoms with Crippen molar-refractivity contribution in [2.45, 2.75) is 40.5 Å². The van der Waals surface area contributed by atoms with Crippen molar-refractivity contribution in [1.82, 2.24) is 15.0 Å². The number of rotatable bonds is 4. The van der Waals surface area contributed by atoms with Crippen molar-refractivity contribution < 1.29 is 9.21 Å². The fourth-order valence-corrected chi connectivity index (χ4v) is 5.32. The molecule has 1 saturated heterocycles. The molecular weight excluding hydrogens is 434 g/mol. The van der Waals surface area contributed by atoms with Crippen LogP contribution >= 0.6 is 11.3 Å². The largest absolute Gasteiger partial charge is 0.441 e. The van der Waals surface area contributed by atoms with Gasteiger partial charge in [-0.3, -0.25) is 4.79 Å². The summed E-state index contributed by atoms with van der Waals surface area (Å²) in [7, 11) is 0. The van der Waals surface area contributed by atoms with Gasteiger partial charge in [-0.15, -0.1) is 11.3 Å². The molecule has 33 heavy (non-hydrogen) atoms. The first-order valence-corrected chi connectivity index (χ1v) is 12.0. The van der Waals surface area contributed by atoms with Gasteiger partial charge in [0.1, 0.15) is 22.7 Å². The molecular formula is C25H27N5O2S. The molecule has 7 nitrogen and oxygen atoms in total. The number of thiophene rings is 1. The highest BCUT2D eigenvalue weighted by molar-refractivity contribution is 7.18. The van der Waals surface area contributed by atoms with E-state index in [4.69, 9.17) is 4.42 Å². The van der Waals surface area contributed by atoms with E-state index in [2.05, 4.69) is 39.0 Å². The highest BCUT2D eigenvalue weighted by Gasteiger charge is 2.27. The second kappa shape index (κ2) is 8.59. The molecule has 0 aliphatic carbocycles. The quantitative estimate of drug-likeness (QED) is 0.436. The van der Waals surface area contributed by atoms with E-state index < -0.39 is 0 Å². The number of amides is 1. The number of carbonyl (C=O) groups excluding carboxylic acids is 1. The van der Waals surface area contributed by atoms with Gasteiger partial charge in [-0.25, -0.2) is 15.0 Å². The smallest absolute Gasteiger partial charge is 0.227 e. The molecule has 0 unspecified atom stereocenters. The lowest BCUT2D eigenvalue weighted by Crippen LogP contribution is -2.38. The summed E-state index contributed by atoms with van der Waals surface area (Å²) in [6, 6.07) is 7.67. The predicted molar refractivity (Wildman–Crippen MR) is 132 cm³/mol. The van der Waals surface area contributed by atoms with Crippen molar-refractivity contribution >= 4 is 39.0 Å². The first-order valence-electron chi connectivity index (χ1n) is 11.2. The Bertz CT molecular complexity index is 1310. The second-order valence-electron chi connectivity index (χ2n) is 8.65. The molecule has 3 aromatic heterocycles. The van der Waals surface area contributed by atoms with E-state index in [0.29, 0.717) is 5.89 Å². The number of anilines is 2. The Morgan fingerprint density at radius 3 is 2.67 bits per heavy atom. The van der Waals surface area contributed by atoms with Crippen LogP contribution in [0, 0.1) is 33.6 Å². The molecule has 1 amide bonds. The standard InChI is InChI=1S/C25H27N5O2S/c1-14-17(4)33-25-21(14)22(26-13-27-25)30-10-8-18(9-11-30)23(31)29-20-7-5-6-19(12-20)24-28-15(2)16(3)32-24/h5-7,12-13,18H,8-11H2,1-4H3,(H,29,31). The van der Waals surface area contributed by atoms with Gasteiger partial charge in [0, 0.05) is 35.1 Å². The number of oxazole rings is 1. The molecule has 1 aliphatic heterocycles. The first-order chi connectivity index (χ1) is 15.9. The van der Waals surface area contributed by atoms with Crippen LogP contribution in [0.25, 0.3) is 21.7 Å². The van der Waals surface area contributed by atoms with Crippen LogP contribution in [0.4, 0.5) is 11.5 Å². The maximum absolute atomic E-state index is 13.0. The minimum absolute atomic E-state index is 0.0289. The monoisotopic (exact) mass is 461 g/mol. The summed E-state index contributed by atoms with van der Waals surface area (Å²) in [5.41, 5.74) is 3.74. The Hall–Kier alpha value is -3.26. The van der Waals surface area contributed by atoms with E-state index in [1.54, 1.807) is 17.7 Å². The number of piperidine rings is 1. The van der Waals surface area contributed by atoms with Crippen molar-refractivity contribution in [3.05, 3.63) is 52.5 Å². The summed E-state index contributed by atoms with van der Waals surface area (Å²) in [4.78, 5) is 31.1. The minimum Gasteiger partial charge on any atom is -0.441 e. The normalized spacial score (nSPS) is 14.7. The van der Waals surface area contributed by atoms with Gasteiger partial charge in [-0.1, -0.05) is 6.07 Å². The molecule has 1 aliphatic rings. The molecule has 1 aromatic carbocycles. The van der Waals surface area contributed by atoms with Gasteiger partial charge in [0.25, 0.3) is 0 Å². The van der Waals surface area contributed by atoms with E-state index >= 15 is 0 Å². The number of benzene rings is 1. The average molecular weight is 462 g/mol. The first kappa shape index (κ1) is 21.6. The summed E-state index contributed by atoms with van der Waals surface area (Å²) in [6.07, 6.45) is 3.23. The van der Waals surface area contributed by atoms with Crippen LogP contribution < -0.4 is 10.2 Å². The van der Waals surface area contributed by atoms with E-state index in [0.717, 1.165) is 64.7 Å². The van der Waals surface area contributed by atoms with Crippen LogP contribution in [-0.4, -0.2) is 33.9 Å². The van der Waals surface area contributed by atoms with Gasteiger partial charge in [0.05, 0.1) is 11.1 Å². The van der Waals surface area contributed by atoms with Crippen molar-refractivity contribution in [3.63, 3.8) is 0 Å². The number of aromatic nitrogens is 3. The number of hydrogen-bond donors (Lipinski definition) is 1. The van der Waals surface area contributed by atoms with Gasteiger partial charge >= 0.3 is 0 Å². The SMILES string of the molecule is Cc1nc(-c2cccc(NC(=O)C3CCN(c4ncnc5sc(C)c(C)c45)CC3)c2)oc1C. The summed E-state index contributed by atoms with van der Waals surface area (Å²) >= 11 is 1.71. The number of aryl methyl sites for hydroxylation is 4. The molecule has 0 bridgehead atoms. The molecule has 0 spiro atoms. The molecule has 8 heteroatoms. The highest BCUT2D eigenvalue weighted by Crippen LogP contribution is 2.35. The van der Waals surface area contributed by atoms with E-state index in [1.807, 2.05) is 38.1 Å². The Labute approximate surface area is 196 Å². The topological polar surface area (TPSA) is 84.2 Å². The molecule has 4 aromatic rings. The third kappa shape index (κ3) is 4.11. The third-order valence-corrected chi connectivity index (χ3v) is 7.63. The molecule has 1 N–H and O–H groups in total. The molecule has 170 valence electrons. The maximum Gasteiger partial charge on any atom is 0.227 e. The molecule has 1 fully saturated rings. The van der Waals surface area contributed by atoms with Gasteiger partial charge in [0.2, 0.25) is 11.8 Å². The van der Waals surface area contributed by atoms with E-state index in [1.165, 1.54) is 10.4 Å². The fourth-order valence-electron chi connectivity index (χ4n) is 4.33. The van der Waals surface area contributed by atoms with Gasteiger partial charge < -0.3 is 14.6 Å². The van der Waals surface area contributed by atoms with Crippen molar-refractivity contribution in [3.8, 4) is 11.5 Å². The number of hydrogen-bond acceptors (Lipinski definition) is 7. The van der Waals surface area contributed by atoms with Gasteiger partial charge in [-0.2, -0.15) is 0 Å². The summed E-state index contributed by atoms with van der Waals surface area (Å²) in [6.45, 7) is 9.68. The summed E-state index contributed by atoms with van der Waals surface area (Å²) in [5.74, 6) is 2.40. The highest BCUT2D eigenvalue weighted by atomic mass is 32.1. The van der Waals surface area contributed by atoms with Crippen LogP contribution in [-0.2, 0) is 4.79 Å². The lowest BCUT2D eigenvalue weighted by Gasteiger charge is -2.32. The molecule has 0 radical (unpaired) electrons. The lowest BCUT2D eigenvalue weighted by atomic mass is 9.95.